The van der Waals surface area contributed by atoms with Crippen LogP contribution in [0.2, 0.25) is 18.6 Å². The highest BCUT2D eigenvalue weighted by Gasteiger charge is 2.46. The third kappa shape index (κ3) is 2.28. The molecular formula is C11H22O3Si. The maximum Gasteiger partial charge on any atom is 0.195 e. The van der Waals surface area contributed by atoms with Crippen molar-refractivity contribution in [2.75, 3.05) is 26.4 Å². The fraction of sp³-hybridized carbons (Fsp3) is 1.00. The van der Waals surface area contributed by atoms with Gasteiger partial charge in [-0.2, -0.15) is 0 Å². The molecule has 2 fully saturated rings. The lowest BCUT2D eigenvalue weighted by atomic mass is 9.90. The van der Waals surface area contributed by atoms with Crippen LogP contribution >= 0.6 is 0 Å². The molecule has 0 radical (unpaired) electrons. The van der Waals surface area contributed by atoms with Crippen LogP contribution in [0.5, 0.6) is 0 Å². The first-order valence-corrected chi connectivity index (χ1v) is 8.76. The highest BCUT2D eigenvalue weighted by molar-refractivity contribution is 6.73. The molecule has 2 rings (SSSR count). The van der Waals surface area contributed by atoms with Gasteiger partial charge in [0, 0.05) is 11.5 Å². The van der Waals surface area contributed by atoms with Crippen LogP contribution in [0.15, 0.2) is 0 Å². The first-order valence-electron chi connectivity index (χ1n) is 5.77. The summed E-state index contributed by atoms with van der Waals surface area (Å²) in [4.78, 5) is 0. The highest BCUT2D eigenvalue weighted by atomic mass is 28.4. The molecule has 88 valence electrons. The molecule has 2 saturated heterocycles. The molecule has 0 spiro atoms. The van der Waals surface area contributed by atoms with Gasteiger partial charge in [0.25, 0.3) is 0 Å². The van der Waals surface area contributed by atoms with E-state index in [2.05, 4.69) is 26.9 Å². The van der Waals surface area contributed by atoms with Crippen LogP contribution in [-0.2, 0) is 13.9 Å². The Bertz CT molecular complexity index is 208. The van der Waals surface area contributed by atoms with Crippen molar-refractivity contribution in [3.05, 3.63) is 0 Å². The van der Waals surface area contributed by atoms with E-state index >= 15 is 0 Å². The molecule has 2 aliphatic rings. The van der Waals surface area contributed by atoms with Gasteiger partial charge in [0.2, 0.25) is 0 Å². The van der Waals surface area contributed by atoms with E-state index in [0.29, 0.717) is 11.5 Å². The van der Waals surface area contributed by atoms with Crippen molar-refractivity contribution in [1.82, 2.24) is 0 Å². The summed E-state index contributed by atoms with van der Waals surface area (Å²) >= 11 is 0. The summed E-state index contributed by atoms with van der Waals surface area (Å²) < 4.78 is 16.9. The van der Waals surface area contributed by atoms with Gasteiger partial charge in [0.1, 0.15) is 0 Å². The third-order valence-corrected chi connectivity index (χ3v) is 7.12. The second-order valence-electron chi connectivity index (χ2n) is 5.78. The molecule has 0 saturated carbocycles. The van der Waals surface area contributed by atoms with Crippen LogP contribution in [0.1, 0.15) is 13.8 Å². The average molecular weight is 230 g/mol. The van der Waals surface area contributed by atoms with Gasteiger partial charge in [-0.1, -0.05) is 0 Å². The minimum absolute atomic E-state index is 0.0242. The van der Waals surface area contributed by atoms with Gasteiger partial charge in [-0.15, -0.1) is 0 Å². The standard InChI is InChI=1S/C11H22O3Si/c1-11(2,9-5-12-6-9)14-15(3,4)10-7-13-8-10/h9-10H,5-8H2,1-4H3. The Morgan fingerprint density at radius 2 is 1.60 bits per heavy atom. The van der Waals surface area contributed by atoms with E-state index in [0.717, 1.165) is 26.4 Å². The molecule has 0 amide bonds. The maximum absolute atomic E-state index is 6.41. The van der Waals surface area contributed by atoms with Crippen molar-refractivity contribution in [3.63, 3.8) is 0 Å². The summed E-state index contributed by atoms with van der Waals surface area (Å²) in [6.07, 6.45) is 0. The molecular weight excluding hydrogens is 208 g/mol. The first kappa shape index (κ1) is 11.6. The molecule has 2 aliphatic heterocycles. The quantitative estimate of drug-likeness (QED) is 0.692. The fourth-order valence-corrected chi connectivity index (χ4v) is 4.85. The summed E-state index contributed by atoms with van der Waals surface area (Å²) in [6, 6.07) is 0. The zero-order chi connectivity index (χ0) is 11.1. The topological polar surface area (TPSA) is 27.7 Å². The molecule has 4 heteroatoms. The molecule has 3 nitrogen and oxygen atoms in total. The molecule has 0 N–H and O–H groups in total. The Labute approximate surface area is 93.2 Å². The summed E-state index contributed by atoms with van der Waals surface area (Å²) in [5.74, 6) is 0.574. The Kier molecular flexibility index (Phi) is 2.96. The van der Waals surface area contributed by atoms with E-state index in [9.17, 15) is 0 Å². The van der Waals surface area contributed by atoms with E-state index in [1.54, 1.807) is 0 Å². The van der Waals surface area contributed by atoms with Gasteiger partial charge in [-0.25, -0.2) is 0 Å². The molecule has 0 aromatic carbocycles. The van der Waals surface area contributed by atoms with Crippen LogP contribution in [-0.4, -0.2) is 40.3 Å². The SMILES string of the molecule is CC(C)(O[Si](C)(C)C1COC1)C1COC1. The second kappa shape index (κ2) is 3.84. The van der Waals surface area contributed by atoms with E-state index in [-0.39, 0.29) is 5.60 Å². The maximum atomic E-state index is 6.41. The van der Waals surface area contributed by atoms with Gasteiger partial charge in [-0.3, -0.25) is 0 Å². The van der Waals surface area contributed by atoms with Gasteiger partial charge >= 0.3 is 0 Å². The Morgan fingerprint density at radius 1 is 1.07 bits per heavy atom. The van der Waals surface area contributed by atoms with Crippen LogP contribution in [0.25, 0.3) is 0 Å². The summed E-state index contributed by atoms with van der Waals surface area (Å²) in [5, 5.41) is 0. The van der Waals surface area contributed by atoms with Crippen LogP contribution < -0.4 is 0 Å². The smallest absolute Gasteiger partial charge is 0.195 e. The van der Waals surface area contributed by atoms with E-state index in [1.165, 1.54) is 0 Å². The number of hydrogen-bond donors (Lipinski definition) is 0. The third-order valence-electron chi connectivity index (χ3n) is 3.77. The van der Waals surface area contributed by atoms with Crippen molar-refractivity contribution in [1.29, 1.82) is 0 Å². The Balaban J connectivity index is 1.93. The van der Waals surface area contributed by atoms with Gasteiger partial charge in [0.15, 0.2) is 8.32 Å². The highest BCUT2D eigenvalue weighted by Crippen LogP contribution is 2.37. The summed E-state index contributed by atoms with van der Waals surface area (Å²) in [5.41, 5.74) is 0.654. The van der Waals surface area contributed by atoms with Gasteiger partial charge in [0.05, 0.1) is 32.0 Å². The predicted molar refractivity (Wildman–Crippen MR) is 61.5 cm³/mol. The van der Waals surface area contributed by atoms with Crippen LogP contribution in [0, 0.1) is 5.92 Å². The second-order valence-corrected chi connectivity index (χ2v) is 10.0. The number of hydrogen-bond acceptors (Lipinski definition) is 3. The molecule has 0 atom stereocenters. The molecule has 0 aromatic rings. The molecule has 0 aliphatic carbocycles. The molecule has 0 bridgehead atoms. The summed E-state index contributed by atoms with van der Waals surface area (Å²) in [7, 11) is -1.58. The minimum Gasteiger partial charge on any atom is -0.412 e. The fourth-order valence-electron chi connectivity index (χ4n) is 2.12. The van der Waals surface area contributed by atoms with Crippen molar-refractivity contribution in [2.24, 2.45) is 5.92 Å². The van der Waals surface area contributed by atoms with Crippen LogP contribution in [0.3, 0.4) is 0 Å². The summed E-state index contributed by atoms with van der Waals surface area (Å²) in [6.45, 7) is 12.5. The minimum atomic E-state index is -1.58. The Hall–Kier alpha value is 0.0969. The van der Waals surface area contributed by atoms with Crippen LogP contribution in [0.4, 0.5) is 0 Å². The van der Waals surface area contributed by atoms with E-state index in [1.807, 2.05) is 0 Å². The number of rotatable bonds is 4. The normalized spacial score (nSPS) is 24.8. The molecule has 15 heavy (non-hydrogen) atoms. The Morgan fingerprint density at radius 3 is 1.93 bits per heavy atom. The first-order chi connectivity index (χ1) is 6.92. The van der Waals surface area contributed by atoms with Crippen molar-refractivity contribution in [3.8, 4) is 0 Å². The predicted octanol–water partition coefficient (Wildman–Crippen LogP) is 2.03. The van der Waals surface area contributed by atoms with Crippen molar-refractivity contribution < 1.29 is 13.9 Å². The lowest BCUT2D eigenvalue weighted by Crippen LogP contribution is -2.56. The lowest BCUT2D eigenvalue weighted by molar-refractivity contribution is -0.125. The van der Waals surface area contributed by atoms with E-state index in [4.69, 9.17) is 13.9 Å². The van der Waals surface area contributed by atoms with Crippen molar-refractivity contribution in [2.45, 2.75) is 38.1 Å². The molecule has 0 aromatic heterocycles. The zero-order valence-corrected chi connectivity index (χ0v) is 11.2. The molecule has 0 unspecified atom stereocenters. The number of ether oxygens (including phenoxy) is 2. The average Bonchev–Trinajstić information content (AvgIpc) is 1.68. The monoisotopic (exact) mass is 230 g/mol. The van der Waals surface area contributed by atoms with Gasteiger partial charge < -0.3 is 13.9 Å². The van der Waals surface area contributed by atoms with Crippen molar-refractivity contribution >= 4 is 8.32 Å². The molecule has 2 heterocycles. The van der Waals surface area contributed by atoms with Gasteiger partial charge in [-0.05, 0) is 26.9 Å². The zero-order valence-electron chi connectivity index (χ0n) is 10.2. The lowest BCUT2D eigenvalue weighted by Gasteiger charge is -2.48. The van der Waals surface area contributed by atoms with E-state index < -0.39 is 8.32 Å². The largest absolute Gasteiger partial charge is 0.412 e.